The van der Waals surface area contributed by atoms with Gasteiger partial charge in [-0.05, 0) is 47.0 Å². The molecular formula is C15H28N2O3. The van der Waals surface area contributed by atoms with Crippen LogP contribution < -0.4 is 0 Å². The highest BCUT2D eigenvalue weighted by atomic mass is 16.4. The molecule has 0 radical (unpaired) electrons. The molecule has 0 saturated carbocycles. The predicted octanol–water partition coefficient (Wildman–Crippen LogP) is 2.94. The minimum Gasteiger partial charge on any atom is -0.481 e. The Labute approximate surface area is 121 Å². The van der Waals surface area contributed by atoms with Gasteiger partial charge in [0.1, 0.15) is 0 Å². The standard InChI is InChI=1S/C15H28N2O3/c1-6-12-8-7-11(2)17(12)14(20)16(15(3,4)5)10-9-13(18)19/h11-12H,6-10H2,1-5H3,(H,18,19). The summed E-state index contributed by atoms with van der Waals surface area (Å²) in [5, 5.41) is 8.87. The number of nitrogens with zero attached hydrogens (tertiary/aromatic N) is 2. The number of hydrogen-bond acceptors (Lipinski definition) is 2. The highest BCUT2D eigenvalue weighted by molar-refractivity contribution is 5.77. The highest BCUT2D eigenvalue weighted by Crippen LogP contribution is 2.29. The third kappa shape index (κ3) is 3.87. The first-order valence-corrected chi connectivity index (χ1v) is 7.50. The molecule has 5 nitrogen and oxygen atoms in total. The Morgan fingerprint density at radius 3 is 2.35 bits per heavy atom. The Balaban J connectivity index is 2.89. The summed E-state index contributed by atoms with van der Waals surface area (Å²) in [5.41, 5.74) is -0.368. The van der Waals surface area contributed by atoms with Crippen LogP contribution in [0.4, 0.5) is 4.79 Å². The van der Waals surface area contributed by atoms with Gasteiger partial charge in [0, 0.05) is 24.2 Å². The first-order valence-electron chi connectivity index (χ1n) is 7.50. The Morgan fingerprint density at radius 1 is 1.30 bits per heavy atom. The van der Waals surface area contributed by atoms with Crippen molar-refractivity contribution in [2.45, 2.75) is 77.9 Å². The lowest BCUT2D eigenvalue weighted by atomic mass is 10.1. The highest BCUT2D eigenvalue weighted by Gasteiger charge is 2.38. The molecule has 1 N–H and O–H groups in total. The number of likely N-dealkylation sites (tertiary alicyclic amines) is 1. The maximum atomic E-state index is 12.8. The quantitative estimate of drug-likeness (QED) is 0.863. The predicted molar refractivity (Wildman–Crippen MR) is 78.7 cm³/mol. The number of hydrogen-bond donors (Lipinski definition) is 1. The lowest BCUT2D eigenvalue weighted by Crippen LogP contribution is -2.55. The number of carboxylic acid groups (broad SMARTS) is 1. The smallest absolute Gasteiger partial charge is 0.320 e. The molecule has 20 heavy (non-hydrogen) atoms. The van der Waals surface area contributed by atoms with E-state index in [-0.39, 0.29) is 36.6 Å². The van der Waals surface area contributed by atoms with Crippen molar-refractivity contribution < 1.29 is 14.7 Å². The molecule has 0 aromatic rings. The Morgan fingerprint density at radius 2 is 1.90 bits per heavy atom. The second kappa shape index (κ2) is 6.46. The SMILES string of the molecule is CCC1CCC(C)N1C(=O)N(CCC(=O)O)C(C)(C)C. The third-order valence-corrected chi connectivity index (χ3v) is 4.07. The van der Waals surface area contributed by atoms with E-state index < -0.39 is 5.97 Å². The summed E-state index contributed by atoms with van der Waals surface area (Å²) in [7, 11) is 0. The molecule has 0 spiro atoms. The molecule has 116 valence electrons. The van der Waals surface area contributed by atoms with Gasteiger partial charge in [-0.25, -0.2) is 4.79 Å². The van der Waals surface area contributed by atoms with Crippen LogP contribution in [0.1, 0.15) is 60.3 Å². The molecule has 2 atom stereocenters. The summed E-state index contributed by atoms with van der Waals surface area (Å²) in [4.78, 5) is 27.3. The van der Waals surface area contributed by atoms with Gasteiger partial charge in [0.2, 0.25) is 0 Å². The number of carbonyl (C=O) groups is 2. The maximum Gasteiger partial charge on any atom is 0.320 e. The van der Waals surface area contributed by atoms with Crippen LogP contribution in [0.3, 0.4) is 0 Å². The van der Waals surface area contributed by atoms with E-state index in [0.717, 1.165) is 19.3 Å². The molecule has 1 heterocycles. The normalized spacial score (nSPS) is 22.9. The van der Waals surface area contributed by atoms with Gasteiger partial charge in [-0.2, -0.15) is 0 Å². The topological polar surface area (TPSA) is 60.9 Å². The van der Waals surface area contributed by atoms with Gasteiger partial charge in [0.15, 0.2) is 0 Å². The van der Waals surface area contributed by atoms with Crippen LogP contribution in [0.15, 0.2) is 0 Å². The van der Waals surface area contributed by atoms with Crippen LogP contribution in [0.2, 0.25) is 0 Å². The van der Waals surface area contributed by atoms with E-state index in [0.29, 0.717) is 0 Å². The summed E-state index contributed by atoms with van der Waals surface area (Å²) in [6.45, 7) is 10.3. The number of carboxylic acids is 1. The number of urea groups is 1. The van der Waals surface area contributed by atoms with Gasteiger partial charge in [-0.1, -0.05) is 6.92 Å². The molecule has 2 amide bonds. The summed E-state index contributed by atoms with van der Waals surface area (Å²) in [6, 6.07) is 0.505. The zero-order chi connectivity index (χ0) is 15.5. The number of rotatable bonds is 4. The zero-order valence-electron chi connectivity index (χ0n) is 13.3. The fourth-order valence-corrected chi connectivity index (χ4v) is 2.88. The fourth-order valence-electron chi connectivity index (χ4n) is 2.88. The van der Waals surface area contributed by atoms with E-state index >= 15 is 0 Å². The lowest BCUT2D eigenvalue weighted by molar-refractivity contribution is -0.137. The van der Waals surface area contributed by atoms with Gasteiger partial charge in [0.25, 0.3) is 0 Å². The average Bonchev–Trinajstić information content (AvgIpc) is 2.68. The largest absolute Gasteiger partial charge is 0.481 e. The van der Waals surface area contributed by atoms with Crippen molar-refractivity contribution >= 4 is 12.0 Å². The van der Waals surface area contributed by atoms with E-state index in [1.54, 1.807) is 4.90 Å². The fraction of sp³-hybridized carbons (Fsp3) is 0.867. The number of amides is 2. The first-order chi connectivity index (χ1) is 9.18. The molecule has 0 aromatic heterocycles. The van der Waals surface area contributed by atoms with E-state index in [4.69, 9.17) is 5.11 Å². The Bertz CT molecular complexity index is 363. The molecule has 0 aromatic carbocycles. The van der Waals surface area contributed by atoms with Crippen LogP contribution in [-0.4, -0.2) is 51.1 Å². The minimum atomic E-state index is -0.867. The van der Waals surface area contributed by atoms with Crippen molar-refractivity contribution in [2.24, 2.45) is 0 Å². The van der Waals surface area contributed by atoms with Gasteiger partial charge in [0.05, 0.1) is 6.42 Å². The van der Waals surface area contributed by atoms with Crippen LogP contribution in [0.25, 0.3) is 0 Å². The van der Waals surface area contributed by atoms with Gasteiger partial charge in [-0.15, -0.1) is 0 Å². The van der Waals surface area contributed by atoms with Gasteiger partial charge < -0.3 is 14.9 Å². The van der Waals surface area contributed by atoms with Crippen molar-refractivity contribution in [3.05, 3.63) is 0 Å². The van der Waals surface area contributed by atoms with Gasteiger partial charge >= 0.3 is 12.0 Å². The Hall–Kier alpha value is -1.26. The first kappa shape index (κ1) is 16.8. The molecule has 1 aliphatic heterocycles. The van der Waals surface area contributed by atoms with Crippen molar-refractivity contribution in [1.82, 2.24) is 9.80 Å². The molecule has 0 aliphatic carbocycles. The van der Waals surface area contributed by atoms with Crippen LogP contribution in [-0.2, 0) is 4.79 Å². The molecule has 5 heteroatoms. The van der Waals surface area contributed by atoms with Crippen molar-refractivity contribution in [3.8, 4) is 0 Å². The molecule has 1 aliphatic rings. The second-order valence-corrected chi connectivity index (χ2v) is 6.64. The Kier molecular flexibility index (Phi) is 5.42. The molecular weight excluding hydrogens is 256 g/mol. The summed E-state index contributed by atoms with van der Waals surface area (Å²) < 4.78 is 0. The van der Waals surface area contributed by atoms with Crippen LogP contribution in [0.5, 0.6) is 0 Å². The molecule has 1 fully saturated rings. The third-order valence-electron chi connectivity index (χ3n) is 4.07. The second-order valence-electron chi connectivity index (χ2n) is 6.64. The molecule has 2 unspecified atom stereocenters. The average molecular weight is 284 g/mol. The van der Waals surface area contributed by atoms with Crippen molar-refractivity contribution in [1.29, 1.82) is 0 Å². The zero-order valence-corrected chi connectivity index (χ0v) is 13.3. The molecule has 1 rings (SSSR count). The minimum absolute atomic E-state index is 0.0119. The van der Waals surface area contributed by atoms with Gasteiger partial charge in [-0.3, -0.25) is 4.79 Å². The number of carbonyl (C=O) groups excluding carboxylic acids is 1. The van der Waals surface area contributed by atoms with Crippen LogP contribution >= 0.6 is 0 Å². The monoisotopic (exact) mass is 284 g/mol. The van der Waals surface area contributed by atoms with Crippen LogP contribution in [0, 0.1) is 0 Å². The van der Waals surface area contributed by atoms with E-state index in [2.05, 4.69) is 13.8 Å². The van der Waals surface area contributed by atoms with E-state index in [9.17, 15) is 9.59 Å². The molecule has 0 bridgehead atoms. The maximum absolute atomic E-state index is 12.8. The summed E-state index contributed by atoms with van der Waals surface area (Å²) >= 11 is 0. The summed E-state index contributed by atoms with van der Waals surface area (Å²) in [6.07, 6.45) is 3.01. The van der Waals surface area contributed by atoms with E-state index in [1.165, 1.54) is 0 Å². The molecule has 1 saturated heterocycles. The van der Waals surface area contributed by atoms with Crippen molar-refractivity contribution in [3.63, 3.8) is 0 Å². The van der Waals surface area contributed by atoms with E-state index in [1.807, 2.05) is 25.7 Å². The summed E-state index contributed by atoms with van der Waals surface area (Å²) in [5.74, 6) is -0.867. The lowest BCUT2D eigenvalue weighted by Gasteiger charge is -2.41. The number of aliphatic carboxylic acids is 1. The van der Waals surface area contributed by atoms with Crippen molar-refractivity contribution in [2.75, 3.05) is 6.54 Å².